The van der Waals surface area contributed by atoms with E-state index < -0.39 is 0 Å². The van der Waals surface area contributed by atoms with Crippen molar-refractivity contribution in [3.05, 3.63) is 34.3 Å². The Morgan fingerprint density at radius 1 is 1.53 bits per heavy atom. The van der Waals surface area contributed by atoms with Gasteiger partial charge in [-0.15, -0.1) is 0 Å². The highest BCUT2D eigenvalue weighted by molar-refractivity contribution is 6.30. The van der Waals surface area contributed by atoms with E-state index in [1.165, 1.54) is 4.90 Å². The number of carbonyl (C=O) groups excluding carboxylic acids is 2. The maximum atomic E-state index is 12.0. The second-order valence-corrected chi connectivity index (χ2v) is 5.28. The summed E-state index contributed by atoms with van der Waals surface area (Å²) in [5.41, 5.74) is 2.08. The van der Waals surface area contributed by atoms with Crippen molar-refractivity contribution >= 4 is 23.4 Å². The molecule has 0 saturated carbocycles. The molecule has 2 amide bonds. The zero-order valence-corrected chi connectivity index (χ0v) is 11.8. The van der Waals surface area contributed by atoms with Crippen LogP contribution in [0.25, 0.3) is 0 Å². The van der Waals surface area contributed by atoms with Crippen LogP contribution in [0.5, 0.6) is 0 Å². The minimum absolute atomic E-state index is 0.0304. The number of hydrogen-bond donors (Lipinski definition) is 1. The topological polar surface area (TPSA) is 49.4 Å². The van der Waals surface area contributed by atoms with E-state index in [0.717, 1.165) is 11.1 Å². The minimum atomic E-state index is -0.333. The second kappa shape index (κ2) is 5.61. The molecule has 1 aromatic carbocycles. The highest BCUT2D eigenvalue weighted by Crippen LogP contribution is 2.18. The van der Waals surface area contributed by atoms with Crippen LogP contribution >= 0.6 is 11.6 Å². The first-order valence-electron chi connectivity index (χ1n) is 6.27. The van der Waals surface area contributed by atoms with Crippen LogP contribution in [0.3, 0.4) is 0 Å². The summed E-state index contributed by atoms with van der Waals surface area (Å²) in [6.45, 7) is 2.42. The van der Waals surface area contributed by atoms with Crippen LogP contribution < -0.4 is 5.32 Å². The van der Waals surface area contributed by atoms with E-state index in [0.29, 0.717) is 24.4 Å². The first kappa shape index (κ1) is 13.9. The molecular formula is C14H17ClN2O2. The predicted molar refractivity (Wildman–Crippen MR) is 73.8 cm³/mol. The standard InChI is InChI=1S/C14H17ClN2O2/c1-9-7-11(15)4-3-10(9)8-16-14(19)12-5-6-13(18)17(12)2/h3-4,7,12H,5-6,8H2,1-2H3,(H,16,19)/t12-/m0/s1. The van der Waals surface area contributed by atoms with Gasteiger partial charge in [-0.25, -0.2) is 0 Å². The van der Waals surface area contributed by atoms with Crippen LogP contribution in [0.4, 0.5) is 0 Å². The van der Waals surface area contributed by atoms with Crippen LogP contribution in [0.1, 0.15) is 24.0 Å². The lowest BCUT2D eigenvalue weighted by atomic mass is 10.1. The molecule has 2 rings (SSSR count). The number of halogens is 1. The van der Waals surface area contributed by atoms with E-state index in [4.69, 9.17) is 11.6 Å². The summed E-state index contributed by atoms with van der Waals surface area (Å²) in [6.07, 6.45) is 1.05. The number of nitrogens with zero attached hydrogens (tertiary/aromatic N) is 1. The molecule has 1 aliphatic heterocycles. The van der Waals surface area contributed by atoms with Crippen molar-refractivity contribution in [2.45, 2.75) is 32.4 Å². The monoisotopic (exact) mass is 280 g/mol. The van der Waals surface area contributed by atoms with Crippen molar-refractivity contribution in [3.8, 4) is 0 Å². The first-order valence-corrected chi connectivity index (χ1v) is 6.65. The molecule has 1 heterocycles. The number of likely N-dealkylation sites (N-methyl/N-ethyl adjacent to an activating group) is 1. The number of hydrogen-bond acceptors (Lipinski definition) is 2. The number of amides is 2. The van der Waals surface area contributed by atoms with Gasteiger partial charge in [0, 0.05) is 25.0 Å². The average Bonchev–Trinajstić information content (AvgIpc) is 2.69. The van der Waals surface area contributed by atoms with Crippen molar-refractivity contribution < 1.29 is 9.59 Å². The molecule has 1 aliphatic rings. The molecule has 1 N–H and O–H groups in total. The fraction of sp³-hybridized carbons (Fsp3) is 0.429. The van der Waals surface area contributed by atoms with Gasteiger partial charge < -0.3 is 10.2 Å². The minimum Gasteiger partial charge on any atom is -0.350 e. The summed E-state index contributed by atoms with van der Waals surface area (Å²) in [7, 11) is 1.67. The van der Waals surface area contributed by atoms with Gasteiger partial charge in [-0.2, -0.15) is 0 Å². The van der Waals surface area contributed by atoms with Crippen LogP contribution in [0, 0.1) is 6.92 Å². The summed E-state index contributed by atoms with van der Waals surface area (Å²) >= 11 is 5.89. The largest absolute Gasteiger partial charge is 0.350 e. The summed E-state index contributed by atoms with van der Waals surface area (Å²) in [5, 5.41) is 3.56. The highest BCUT2D eigenvalue weighted by atomic mass is 35.5. The van der Waals surface area contributed by atoms with Crippen molar-refractivity contribution in [2.75, 3.05) is 7.05 Å². The molecule has 0 spiro atoms. The zero-order valence-electron chi connectivity index (χ0n) is 11.1. The van der Waals surface area contributed by atoms with E-state index in [1.807, 2.05) is 19.1 Å². The third-order valence-corrected chi connectivity index (χ3v) is 3.79. The van der Waals surface area contributed by atoms with E-state index >= 15 is 0 Å². The summed E-state index contributed by atoms with van der Waals surface area (Å²) in [6, 6.07) is 5.25. The van der Waals surface area contributed by atoms with Crippen molar-refractivity contribution in [3.63, 3.8) is 0 Å². The van der Waals surface area contributed by atoms with Crippen LogP contribution in [0.15, 0.2) is 18.2 Å². The molecule has 1 saturated heterocycles. The number of likely N-dealkylation sites (tertiary alicyclic amines) is 1. The summed E-state index contributed by atoms with van der Waals surface area (Å²) in [5.74, 6) is -0.0643. The maximum Gasteiger partial charge on any atom is 0.243 e. The predicted octanol–water partition coefficient (Wildman–Crippen LogP) is 1.89. The molecule has 5 heteroatoms. The lowest BCUT2D eigenvalue weighted by Gasteiger charge is -2.19. The van der Waals surface area contributed by atoms with Crippen LogP contribution in [-0.2, 0) is 16.1 Å². The third-order valence-electron chi connectivity index (χ3n) is 3.55. The Hall–Kier alpha value is -1.55. The molecule has 19 heavy (non-hydrogen) atoms. The fourth-order valence-corrected chi connectivity index (χ4v) is 2.50. The zero-order chi connectivity index (χ0) is 14.0. The first-order chi connectivity index (χ1) is 8.99. The van der Waals surface area contributed by atoms with Crippen molar-refractivity contribution in [1.29, 1.82) is 0 Å². The Balaban J connectivity index is 1.95. The molecule has 0 aliphatic carbocycles. The van der Waals surface area contributed by atoms with Gasteiger partial charge >= 0.3 is 0 Å². The Labute approximate surface area is 117 Å². The number of rotatable bonds is 3. The number of aryl methyl sites for hydroxylation is 1. The van der Waals surface area contributed by atoms with Gasteiger partial charge in [0.2, 0.25) is 11.8 Å². The van der Waals surface area contributed by atoms with Gasteiger partial charge in [0.1, 0.15) is 6.04 Å². The Morgan fingerprint density at radius 2 is 2.26 bits per heavy atom. The summed E-state index contributed by atoms with van der Waals surface area (Å²) < 4.78 is 0. The Morgan fingerprint density at radius 3 is 2.84 bits per heavy atom. The molecule has 102 valence electrons. The number of benzene rings is 1. The van der Waals surface area contributed by atoms with Crippen molar-refractivity contribution in [1.82, 2.24) is 10.2 Å². The molecule has 1 aromatic rings. The Kier molecular flexibility index (Phi) is 4.10. The van der Waals surface area contributed by atoms with E-state index in [2.05, 4.69) is 5.32 Å². The second-order valence-electron chi connectivity index (χ2n) is 4.85. The molecule has 0 bridgehead atoms. The van der Waals surface area contributed by atoms with E-state index in [9.17, 15) is 9.59 Å². The maximum absolute atomic E-state index is 12.0. The smallest absolute Gasteiger partial charge is 0.243 e. The van der Waals surface area contributed by atoms with Gasteiger partial charge in [0.15, 0.2) is 0 Å². The van der Waals surface area contributed by atoms with Gasteiger partial charge in [0.25, 0.3) is 0 Å². The third kappa shape index (κ3) is 3.07. The molecule has 0 aromatic heterocycles. The molecule has 0 unspecified atom stereocenters. The summed E-state index contributed by atoms with van der Waals surface area (Å²) in [4.78, 5) is 24.9. The van der Waals surface area contributed by atoms with Gasteiger partial charge in [-0.1, -0.05) is 17.7 Å². The van der Waals surface area contributed by atoms with Gasteiger partial charge in [0.05, 0.1) is 0 Å². The van der Waals surface area contributed by atoms with Gasteiger partial charge in [-0.3, -0.25) is 9.59 Å². The average molecular weight is 281 g/mol. The molecule has 4 nitrogen and oxygen atoms in total. The van der Waals surface area contributed by atoms with Crippen LogP contribution in [0.2, 0.25) is 5.02 Å². The van der Waals surface area contributed by atoms with E-state index in [1.54, 1.807) is 13.1 Å². The lowest BCUT2D eigenvalue weighted by Crippen LogP contribution is -2.42. The molecule has 0 radical (unpaired) electrons. The highest BCUT2D eigenvalue weighted by Gasteiger charge is 2.32. The van der Waals surface area contributed by atoms with Gasteiger partial charge in [-0.05, 0) is 36.6 Å². The van der Waals surface area contributed by atoms with Crippen molar-refractivity contribution in [2.24, 2.45) is 0 Å². The molecule has 1 atom stereocenters. The lowest BCUT2D eigenvalue weighted by molar-refractivity contribution is -0.133. The number of carbonyl (C=O) groups is 2. The van der Waals surface area contributed by atoms with E-state index in [-0.39, 0.29) is 17.9 Å². The molecular weight excluding hydrogens is 264 g/mol. The number of nitrogens with one attached hydrogen (secondary N) is 1. The van der Waals surface area contributed by atoms with Crippen LogP contribution in [-0.4, -0.2) is 29.8 Å². The molecule has 1 fully saturated rings. The quantitative estimate of drug-likeness (QED) is 0.919. The fourth-order valence-electron chi connectivity index (χ4n) is 2.27. The SMILES string of the molecule is Cc1cc(Cl)ccc1CNC(=O)[C@@H]1CCC(=O)N1C. The Bertz CT molecular complexity index is 516. The normalized spacial score (nSPS) is 18.8.